The van der Waals surface area contributed by atoms with Gasteiger partial charge in [-0.3, -0.25) is 0 Å². The summed E-state index contributed by atoms with van der Waals surface area (Å²) in [4.78, 5) is 10.5. The van der Waals surface area contributed by atoms with Crippen LogP contribution >= 0.6 is 0 Å². The van der Waals surface area contributed by atoms with Crippen LogP contribution in [0.4, 0.5) is 8.78 Å². The first-order chi connectivity index (χ1) is 13.6. The molecule has 8 nitrogen and oxygen atoms in total. The maximum atomic E-state index is 12.9. The Morgan fingerprint density at radius 3 is 2.48 bits per heavy atom. The number of alkyl halides is 2. The summed E-state index contributed by atoms with van der Waals surface area (Å²) in [6, 6.07) is 4.94. The summed E-state index contributed by atoms with van der Waals surface area (Å²) in [5.74, 6) is -0.103. The smallest absolute Gasteiger partial charge is 0.394 e. The van der Waals surface area contributed by atoms with Crippen molar-refractivity contribution in [3.05, 3.63) is 24.3 Å². The van der Waals surface area contributed by atoms with Gasteiger partial charge in [0.2, 0.25) is 10.0 Å². The van der Waals surface area contributed by atoms with E-state index in [2.05, 4.69) is 15.0 Å². The molecule has 0 bridgehead atoms. The molecule has 2 aliphatic rings. The fourth-order valence-electron chi connectivity index (χ4n) is 2.98. The van der Waals surface area contributed by atoms with Crippen molar-refractivity contribution in [2.75, 3.05) is 19.7 Å². The Bertz CT molecular complexity index is 872. The van der Waals surface area contributed by atoms with Gasteiger partial charge < -0.3 is 14.4 Å². The second kappa shape index (κ2) is 8.62. The quantitative estimate of drug-likeness (QED) is 0.619. The molecule has 0 amide bonds. The number of oxime groups is 2. The number of ether oxygens (including phenoxy) is 1. The number of nitrogens with zero attached hydrogens (tertiary/aromatic N) is 3. The van der Waals surface area contributed by atoms with Crippen LogP contribution in [0.25, 0.3) is 0 Å². The molecule has 0 radical (unpaired) electrons. The van der Waals surface area contributed by atoms with E-state index in [0.717, 1.165) is 11.4 Å². The summed E-state index contributed by atoms with van der Waals surface area (Å²) in [7, 11) is -3.73. The number of rotatable bonds is 7. The molecule has 3 rings (SSSR count). The summed E-state index contributed by atoms with van der Waals surface area (Å²) < 4.78 is 57.0. The molecule has 2 aliphatic heterocycles. The number of hydrogen-bond acceptors (Lipinski definition) is 7. The zero-order valence-electron chi connectivity index (χ0n) is 16.2. The van der Waals surface area contributed by atoms with Crippen molar-refractivity contribution < 1.29 is 31.6 Å². The molecule has 2 heterocycles. The largest absolute Gasteiger partial charge is 0.433 e. The number of benzene rings is 1. The maximum Gasteiger partial charge on any atom is 0.394 e. The van der Waals surface area contributed by atoms with Gasteiger partial charge in [0, 0.05) is 39.3 Å². The minimum atomic E-state index is -3.73. The molecule has 1 aromatic carbocycles. The third kappa shape index (κ3) is 5.86. The van der Waals surface area contributed by atoms with Crippen molar-refractivity contribution >= 4 is 21.4 Å². The molecule has 160 valence electrons. The maximum absolute atomic E-state index is 12.9. The van der Waals surface area contributed by atoms with Crippen molar-refractivity contribution in [1.29, 1.82) is 0 Å². The third-order valence-electron chi connectivity index (χ3n) is 4.39. The van der Waals surface area contributed by atoms with E-state index in [1.807, 2.05) is 6.92 Å². The lowest BCUT2D eigenvalue weighted by Crippen LogP contribution is -2.38. The standard InChI is InChI=1S/C18H23F2N3O5S/c1-13-11-16(28-21-13)12-26-22-14-7-9-23(10-8-14)29(24,25)17-5-3-15(4-6-17)27-18(2,19)20/h3-6,16H,7-12H2,1-2H3. The lowest BCUT2D eigenvalue weighted by Gasteiger charge is -2.26. The van der Waals surface area contributed by atoms with Crippen LogP contribution in [0, 0.1) is 0 Å². The van der Waals surface area contributed by atoms with Gasteiger partial charge >= 0.3 is 6.11 Å². The van der Waals surface area contributed by atoms with Crippen LogP contribution < -0.4 is 4.74 Å². The number of piperidine rings is 1. The molecule has 29 heavy (non-hydrogen) atoms. The van der Waals surface area contributed by atoms with Gasteiger partial charge in [-0.2, -0.15) is 13.1 Å². The van der Waals surface area contributed by atoms with Gasteiger partial charge in [0.05, 0.1) is 16.3 Å². The predicted molar refractivity (Wildman–Crippen MR) is 102 cm³/mol. The molecule has 1 fully saturated rings. The highest BCUT2D eigenvalue weighted by Crippen LogP contribution is 2.25. The average molecular weight is 431 g/mol. The molecule has 1 saturated heterocycles. The van der Waals surface area contributed by atoms with Crippen molar-refractivity contribution in [2.24, 2.45) is 10.3 Å². The second-order valence-corrected chi connectivity index (χ2v) is 8.93. The number of sulfonamides is 1. The van der Waals surface area contributed by atoms with Crippen molar-refractivity contribution in [3.63, 3.8) is 0 Å². The van der Waals surface area contributed by atoms with Gasteiger partial charge in [0.1, 0.15) is 5.75 Å². The molecule has 0 aliphatic carbocycles. The SMILES string of the molecule is CC1=NOC(CON=C2CCN(S(=O)(=O)c3ccc(OC(C)(F)F)cc3)CC2)C1. The van der Waals surface area contributed by atoms with E-state index in [4.69, 9.17) is 9.68 Å². The first-order valence-electron chi connectivity index (χ1n) is 9.17. The molecule has 1 atom stereocenters. The van der Waals surface area contributed by atoms with Gasteiger partial charge in [-0.15, -0.1) is 0 Å². The highest BCUT2D eigenvalue weighted by Gasteiger charge is 2.29. The Morgan fingerprint density at radius 1 is 1.28 bits per heavy atom. The van der Waals surface area contributed by atoms with Crippen LogP contribution in [0.3, 0.4) is 0 Å². The molecule has 1 aromatic rings. The first-order valence-corrected chi connectivity index (χ1v) is 10.6. The van der Waals surface area contributed by atoms with Crippen LogP contribution in [0.1, 0.15) is 33.1 Å². The Morgan fingerprint density at radius 2 is 1.93 bits per heavy atom. The lowest BCUT2D eigenvalue weighted by molar-refractivity contribution is -0.158. The van der Waals surface area contributed by atoms with E-state index in [9.17, 15) is 17.2 Å². The van der Waals surface area contributed by atoms with Crippen LogP contribution in [-0.4, -0.2) is 56.1 Å². The van der Waals surface area contributed by atoms with E-state index < -0.39 is 16.1 Å². The molecule has 0 spiro atoms. The molecule has 11 heteroatoms. The minimum absolute atomic E-state index is 0.0228. The van der Waals surface area contributed by atoms with Gasteiger partial charge in [-0.05, 0) is 31.2 Å². The molecular formula is C18H23F2N3O5S. The Hall–Kier alpha value is -2.27. The fourth-order valence-corrected chi connectivity index (χ4v) is 4.42. The molecule has 1 unspecified atom stereocenters. The van der Waals surface area contributed by atoms with Gasteiger partial charge in [-0.1, -0.05) is 10.3 Å². The lowest BCUT2D eigenvalue weighted by atomic mass is 10.1. The van der Waals surface area contributed by atoms with Crippen LogP contribution in [0.5, 0.6) is 5.75 Å². The van der Waals surface area contributed by atoms with E-state index in [1.165, 1.54) is 28.6 Å². The Labute approximate surface area is 168 Å². The van der Waals surface area contributed by atoms with Crippen LogP contribution in [0.15, 0.2) is 39.5 Å². The van der Waals surface area contributed by atoms with Gasteiger partial charge in [0.15, 0.2) is 12.7 Å². The van der Waals surface area contributed by atoms with Crippen LogP contribution in [-0.2, 0) is 19.7 Å². The molecule has 0 aromatic heterocycles. The van der Waals surface area contributed by atoms with Crippen molar-refractivity contribution in [3.8, 4) is 5.75 Å². The second-order valence-electron chi connectivity index (χ2n) is 7.00. The zero-order chi connectivity index (χ0) is 21.1. The monoisotopic (exact) mass is 431 g/mol. The predicted octanol–water partition coefficient (Wildman–Crippen LogP) is 3.00. The van der Waals surface area contributed by atoms with Gasteiger partial charge in [0.25, 0.3) is 0 Å². The van der Waals surface area contributed by atoms with Gasteiger partial charge in [-0.25, -0.2) is 8.42 Å². The summed E-state index contributed by atoms with van der Waals surface area (Å²) in [6.07, 6.45) is -1.87. The van der Waals surface area contributed by atoms with Crippen LogP contribution in [0.2, 0.25) is 0 Å². The van der Waals surface area contributed by atoms with E-state index in [-0.39, 0.29) is 36.4 Å². The first kappa shape index (κ1) is 21.4. The third-order valence-corrected chi connectivity index (χ3v) is 6.31. The summed E-state index contributed by atoms with van der Waals surface area (Å²) >= 11 is 0. The van der Waals surface area contributed by atoms with E-state index in [0.29, 0.717) is 26.2 Å². The zero-order valence-corrected chi connectivity index (χ0v) is 17.0. The van der Waals surface area contributed by atoms with Crippen molar-refractivity contribution in [2.45, 2.75) is 50.2 Å². The highest BCUT2D eigenvalue weighted by molar-refractivity contribution is 7.89. The number of hydrogen-bond donors (Lipinski definition) is 0. The highest BCUT2D eigenvalue weighted by atomic mass is 32.2. The summed E-state index contributed by atoms with van der Waals surface area (Å²) in [5, 5.41) is 7.92. The molecular weight excluding hydrogens is 408 g/mol. The minimum Gasteiger partial charge on any atom is -0.433 e. The molecule has 0 N–H and O–H groups in total. The van der Waals surface area contributed by atoms with E-state index >= 15 is 0 Å². The summed E-state index contributed by atoms with van der Waals surface area (Å²) in [6.45, 7) is 3.30. The number of halogens is 2. The Balaban J connectivity index is 1.52. The summed E-state index contributed by atoms with van der Waals surface area (Å²) in [5.41, 5.74) is 1.69. The van der Waals surface area contributed by atoms with Crippen molar-refractivity contribution in [1.82, 2.24) is 4.31 Å². The molecule has 0 saturated carbocycles. The average Bonchev–Trinajstić information content (AvgIpc) is 3.06. The Kier molecular flexibility index (Phi) is 6.37. The normalized spacial score (nSPS) is 20.8. The fraction of sp³-hybridized carbons (Fsp3) is 0.556. The van der Waals surface area contributed by atoms with E-state index in [1.54, 1.807) is 0 Å². The topological polar surface area (TPSA) is 89.8 Å².